The van der Waals surface area contributed by atoms with Gasteiger partial charge in [0.1, 0.15) is 0 Å². The molecular weight excluding hydrogens is 212 g/mol. The van der Waals surface area contributed by atoms with Crippen molar-refractivity contribution in [2.75, 3.05) is 13.1 Å². The second-order valence-corrected chi connectivity index (χ2v) is 5.06. The third-order valence-corrected chi connectivity index (χ3v) is 3.46. The molecule has 0 saturated carbocycles. The second kappa shape index (κ2) is 9.46. The maximum Gasteiger partial charge on any atom is 0.237 e. The van der Waals surface area contributed by atoms with Gasteiger partial charge in [-0.15, -0.1) is 0 Å². The fourth-order valence-electron chi connectivity index (χ4n) is 2.32. The number of nitrogens with one attached hydrogen (secondary N) is 2. The standard InChI is InChI=1S/C14H28N2O/c1-2-3-4-5-6-8-12-16-14(17)13-10-7-9-11-15-13/h13,15H,2-12H2,1H3,(H,16,17)/t13-/m0/s1. The Balaban J connectivity index is 1.92. The van der Waals surface area contributed by atoms with Crippen LogP contribution in [0.3, 0.4) is 0 Å². The van der Waals surface area contributed by atoms with Gasteiger partial charge in [-0.3, -0.25) is 4.79 Å². The Bertz CT molecular complexity index is 200. The van der Waals surface area contributed by atoms with Gasteiger partial charge in [0.15, 0.2) is 0 Å². The van der Waals surface area contributed by atoms with Crippen LogP contribution in [0.15, 0.2) is 0 Å². The summed E-state index contributed by atoms with van der Waals surface area (Å²) >= 11 is 0. The summed E-state index contributed by atoms with van der Waals surface area (Å²) in [6.45, 7) is 4.08. The van der Waals surface area contributed by atoms with E-state index in [1.807, 2.05) is 0 Å². The molecule has 1 fully saturated rings. The van der Waals surface area contributed by atoms with Crippen molar-refractivity contribution in [3.05, 3.63) is 0 Å². The van der Waals surface area contributed by atoms with Crippen molar-refractivity contribution in [1.82, 2.24) is 10.6 Å². The molecule has 1 rings (SSSR count). The predicted octanol–water partition coefficient (Wildman–Crippen LogP) is 2.61. The van der Waals surface area contributed by atoms with E-state index in [0.717, 1.165) is 25.9 Å². The lowest BCUT2D eigenvalue weighted by atomic mass is 10.0. The van der Waals surface area contributed by atoms with E-state index in [0.29, 0.717) is 0 Å². The molecule has 1 amide bonds. The Hall–Kier alpha value is -0.570. The lowest BCUT2D eigenvalue weighted by Crippen LogP contribution is -2.46. The Morgan fingerprint density at radius 2 is 1.94 bits per heavy atom. The predicted molar refractivity (Wildman–Crippen MR) is 72.0 cm³/mol. The molecule has 0 unspecified atom stereocenters. The van der Waals surface area contributed by atoms with Crippen LogP contribution in [0.4, 0.5) is 0 Å². The van der Waals surface area contributed by atoms with Gasteiger partial charge in [0.2, 0.25) is 5.91 Å². The summed E-state index contributed by atoms with van der Waals surface area (Å²) in [6.07, 6.45) is 11.1. The van der Waals surface area contributed by atoms with E-state index in [9.17, 15) is 4.79 Å². The molecule has 2 N–H and O–H groups in total. The summed E-state index contributed by atoms with van der Waals surface area (Å²) < 4.78 is 0. The van der Waals surface area contributed by atoms with Gasteiger partial charge >= 0.3 is 0 Å². The first-order valence-electron chi connectivity index (χ1n) is 7.35. The normalized spacial score (nSPS) is 20.2. The van der Waals surface area contributed by atoms with Crippen molar-refractivity contribution >= 4 is 5.91 Å². The summed E-state index contributed by atoms with van der Waals surface area (Å²) in [5.74, 6) is 0.207. The average Bonchev–Trinajstić information content (AvgIpc) is 2.38. The first-order valence-corrected chi connectivity index (χ1v) is 7.35. The minimum atomic E-state index is 0.0730. The van der Waals surface area contributed by atoms with Crippen molar-refractivity contribution in [2.45, 2.75) is 70.8 Å². The van der Waals surface area contributed by atoms with Gasteiger partial charge in [-0.1, -0.05) is 45.4 Å². The minimum absolute atomic E-state index is 0.0730. The highest BCUT2D eigenvalue weighted by atomic mass is 16.2. The first-order chi connectivity index (χ1) is 8.34. The minimum Gasteiger partial charge on any atom is -0.355 e. The molecule has 0 aromatic carbocycles. The van der Waals surface area contributed by atoms with Crippen LogP contribution in [0.5, 0.6) is 0 Å². The smallest absolute Gasteiger partial charge is 0.237 e. The molecule has 0 aliphatic carbocycles. The van der Waals surface area contributed by atoms with Gasteiger partial charge in [0.05, 0.1) is 6.04 Å². The van der Waals surface area contributed by atoms with Gasteiger partial charge in [-0.25, -0.2) is 0 Å². The van der Waals surface area contributed by atoms with Crippen LogP contribution in [0.1, 0.15) is 64.7 Å². The van der Waals surface area contributed by atoms with Crippen molar-refractivity contribution in [3.8, 4) is 0 Å². The summed E-state index contributed by atoms with van der Waals surface area (Å²) in [5, 5.41) is 6.32. The maximum absolute atomic E-state index is 11.8. The fraction of sp³-hybridized carbons (Fsp3) is 0.929. The number of carbonyl (C=O) groups excluding carboxylic acids is 1. The van der Waals surface area contributed by atoms with Crippen molar-refractivity contribution in [1.29, 1.82) is 0 Å². The summed E-state index contributed by atoms with van der Waals surface area (Å²) in [4.78, 5) is 11.8. The fourth-order valence-corrected chi connectivity index (χ4v) is 2.32. The molecule has 100 valence electrons. The third kappa shape index (κ3) is 6.67. The van der Waals surface area contributed by atoms with Crippen LogP contribution in [0.2, 0.25) is 0 Å². The van der Waals surface area contributed by atoms with Crippen molar-refractivity contribution in [3.63, 3.8) is 0 Å². The first kappa shape index (κ1) is 14.5. The zero-order valence-electron chi connectivity index (χ0n) is 11.3. The molecule has 0 bridgehead atoms. The Kier molecular flexibility index (Phi) is 8.06. The van der Waals surface area contributed by atoms with Crippen LogP contribution < -0.4 is 10.6 Å². The SMILES string of the molecule is CCCCCCCCNC(=O)[C@@H]1CCCCN1. The monoisotopic (exact) mass is 240 g/mol. The number of piperidine rings is 1. The van der Waals surface area contributed by atoms with E-state index in [1.165, 1.54) is 44.9 Å². The molecule has 0 radical (unpaired) electrons. The molecular formula is C14H28N2O. The molecule has 0 spiro atoms. The van der Waals surface area contributed by atoms with Crippen molar-refractivity contribution < 1.29 is 4.79 Å². The Morgan fingerprint density at radius 3 is 2.65 bits per heavy atom. The third-order valence-electron chi connectivity index (χ3n) is 3.46. The van der Waals surface area contributed by atoms with E-state index in [1.54, 1.807) is 0 Å². The molecule has 3 nitrogen and oxygen atoms in total. The number of hydrogen-bond donors (Lipinski definition) is 2. The molecule has 1 aliphatic heterocycles. The number of carbonyl (C=O) groups is 1. The van der Waals surface area contributed by atoms with E-state index in [4.69, 9.17) is 0 Å². The van der Waals surface area contributed by atoms with Gasteiger partial charge in [-0.2, -0.15) is 0 Å². The Morgan fingerprint density at radius 1 is 1.18 bits per heavy atom. The summed E-state index contributed by atoms with van der Waals surface area (Å²) in [7, 11) is 0. The van der Waals surface area contributed by atoms with Crippen LogP contribution >= 0.6 is 0 Å². The molecule has 3 heteroatoms. The van der Waals surface area contributed by atoms with Gasteiger partial charge in [0.25, 0.3) is 0 Å². The zero-order chi connectivity index (χ0) is 12.3. The van der Waals surface area contributed by atoms with E-state index in [-0.39, 0.29) is 11.9 Å². The summed E-state index contributed by atoms with van der Waals surface area (Å²) in [5.41, 5.74) is 0. The molecule has 0 aromatic heterocycles. The lowest BCUT2D eigenvalue weighted by Gasteiger charge is -2.22. The van der Waals surface area contributed by atoms with Gasteiger partial charge < -0.3 is 10.6 Å². The topological polar surface area (TPSA) is 41.1 Å². The zero-order valence-corrected chi connectivity index (χ0v) is 11.3. The van der Waals surface area contributed by atoms with Crippen LogP contribution in [-0.2, 0) is 4.79 Å². The highest BCUT2D eigenvalue weighted by Crippen LogP contribution is 2.07. The van der Waals surface area contributed by atoms with Crippen LogP contribution in [0.25, 0.3) is 0 Å². The summed E-state index contributed by atoms with van der Waals surface area (Å²) in [6, 6.07) is 0.0730. The molecule has 1 heterocycles. The highest BCUT2D eigenvalue weighted by Gasteiger charge is 2.19. The van der Waals surface area contributed by atoms with E-state index < -0.39 is 0 Å². The van der Waals surface area contributed by atoms with Gasteiger partial charge in [-0.05, 0) is 25.8 Å². The van der Waals surface area contributed by atoms with Gasteiger partial charge in [0, 0.05) is 6.54 Å². The highest BCUT2D eigenvalue weighted by molar-refractivity contribution is 5.81. The molecule has 1 aliphatic rings. The second-order valence-electron chi connectivity index (χ2n) is 5.06. The maximum atomic E-state index is 11.8. The molecule has 0 aromatic rings. The number of rotatable bonds is 8. The van der Waals surface area contributed by atoms with Crippen LogP contribution in [-0.4, -0.2) is 25.0 Å². The lowest BCUT2D eigenvalue weighted by molar-refractivity contribution is -0.123. The quantitative estimate of drug-likeness (QED) is 0.640. The van der Waals surface area contributed by atoms with Crippen LogP contribution in [0, 0.1) is 0 Å². The molecule has 1 atom stereocenters. The molecule has 17 heavy (non-hydrogen) atoms. The Labute approximate surface area is 106 Å². The van der Waals surface area contributed by atoms with E-state index in [2.05, 4.69) is 17.6 Å². The van der Waals surface area contributed by atoms with Crippen molar-refractivity contribution in [2.24, 2.45) is 0 Å². The number of unbranched alkanes of at least 4 members (excludes halogenated alkanes) is 5. The average molecular weight is 240 g/mol. The number of hydrogen-bond acceptors (Lipinski definition) is 2. The van der Waals surface area contributed by atoms with E-state index >= 15 is 0 Å². The molecule has 1 saturated heterocycles. The number of amides is 1. The largest absolute Gasteiger partial charge is 0.355 e.